The van der Waals surface area contributed by atoms with Crippen LogP contribution in [0.4, 0.5) is 0 Å². The zero-order chi connectivity index (χ0) is 14.9. The molecule has 0 aliphatic heterocycles. The summed E-state index contributed by atoms with van der Waals surface area (Å²) in [6.07, 6.45) is 4.22. The van der Waals surface area contributed by atoms with Gasteiger partial charge in [-0.1, -0.05) is 0 Å². The van der Waals surface area contributed by atoms with Gasteiger partial charge >= 0.3 is 146 Å². The van der Waals surface area contributed by atoms with Gasteiger partial charge < -0.3 is 24.8 Å². The van der Waals surface area contributed by atoms with Crippen LogP contribution < -0.4 is 24.8 Å². The van der Waals surface area contributed by atoms with Gasteiger partial charge in [0, 0.05) is 0 Å². The average molecular weight is 430 g/mol. The van der Waals surface area contributed by atoms with E-state index in [-0.39, 0.29) is 24.8 Å². The molecule has 1 nitrogen and oxygen atoms in total. The minimum absolute atomic E-state index is 0. The van der Waals surface area contributed by atoms with Crippen molar-refractivity contribution in [3.8, 4) is 11.3 Å². The van der Waals surface area contributed by atoms with Crippen molar-refractivity contribution < 1.29 is 49.5 Å². The van der Waals surface area contributed by atoms with Crippen LogP contribution in [0.15, 0.2) is 72.9 Å². The molecule has 0 saturated heterocycles. The number of hydrogen-bond acceptors (Lipinski definition) is 1. The molecule has 0 saturated carbocycles. The molecule has 1 aliphatic rings. The molecule has 0 radical (unpaired) electrons. The quantitative estimate of drug-likeness (QED) is 0.503. The Morgan fingerprint density at radius 1 is 0.792 bits per heavy atom. The van der Waals surface area contributed by atoms with Gasteiger partial charge in [0.25, 0.3) is 0 Å². The molecule has 2 aromatic carbocycles. The molecule has 1 atom stereocenters. The normalized spacial score (nSPS) is 14.9. The molecule has 4 rings (SSSR count). The van der Waals surface area contributed by atoms with Crippen LogP contribution in [0, 0.1) is 0 Å². The molecule has 0 spiro atoms. The summed E-state index contributed by atoms with van der Waals surface area (Å²) in [5, 5.41) is 0. The molecule has 0 bridgehead atoms. The van der Waals surface area contributed by atoms with E-state index in [0.29, 0.717) is 3.63 Å². The average Bonchev–Trinajstić information content (AvgIpc) is 2.94. The first-order valence-electron chi connectivity index (χ1n) is 7.37. The molecule has 1 aliphatic carbocycles. The number of nitrogens with zero attached hydrogens (tertiary/aromatic N) is 1. The monoisotopic (exact) mass is 428 g/mol. The second-order valence-corrected chi connectivity index (χ2v) is 6.84. The van der Waals surface area contributed by atoms with Crippen LogP contribution in [-0.4, -0.2) is 4.98 Å². The van der Waals surface area contributed by atoms with Crippen LogP contribution in [0.2, 0.25) is 0 Å². The van der Waals surface area contributed by atoms with Crippen molar-refractivity contribution in [1.29, 1.82) is 0 Å². The summed E-state index contributed by atoms with van der Waals surface area (Å²) in [5.74, 6) is 0. The molecule has 24 heavy (non-hydrogen) atoms. The molecular formula is C20H14Cl2NZr. The molecule has 3 aromatic rings. The van der Waals surface area contributed by atoms with E-state index in [1.165, 1.54) is 52.5 Å². The first-order valence-corrected chi connectivity index (χ1v) is 8.79. The Labute approximate surface area is 169 Å². The fraction of sp³-hybridized carbons (Fsp3) is 0.0500. The zero-order valence-corrected chi connectivity index (χ0v) is 16.8. The summed E-state index contributed by atoms with van der Waals surface area (Å²) in [7, 11) is 0. The summed E-state index contributed by atoms with van der Waals surface area (Å²) < 4.78 is 0.508. The maximum absolute atomic E-state index is 4.53. The third kappa shape index (κ3) is 3.42. The van der Waals surface area contributed by atoms with Gasteiger partial charge in [-0.25, -0.2) is 0 Å². The summed E-state index contributed by atoms with van der Waals surface area (Å²) in [4.78, 5) is 4.53. The van der Waals surface area contributed by atoms with Crippen molar-refractivity contribution in [3.63, 3.8) is 0 Å². The van der Waals surface area contributed by atoms with E-state index in [1.54, 1.807) is 0 Å². The van der Waals surface area contributed by atoms with E-state index in [0.717, 1.165) is 5.69 Å². The van der Waals surface area contributed by atoms with E-state index in [4.69, 9.17) is 0 Å². The topological polar surface area (TPSA) is 12.9 Å². The molecule has 1 heterocycles. The van der Waals surface area contributed by atoms with Crippen molar-refractivity contribution in [2.24, 2.45) is 0 Å². The fourth-order valence-corrected chi connectivity index (χ4v) is 4.26. The maximum atomic E-state index is 4.53. The fourth-order valence-electron chi connectivity index (χ4n) is 3.03. The Kier molecular flexibility index (Phi) is 6.57. The van der Waals surface area contributed by atoms with Gasteiger partial charge in [-0.15, -0.1) is 0 Å². The van der Waals surface area contributed by atoms with Gasteiger partial charge in [-0.05, 0) is 0 Å². The first-order chi connectivity index (χ1) is 10.8. The minimum atomic E-state index is 0. The molecule has 0 N–H and O–H groups in total. The SMILES string of the molecule is [Cl-].[Cl-].[Zr+2][CH]1C(c2ccccc2)=Cc2c(-c3ccccn3)cccc21. The first kappa shape index (κ1) is 19.1. The molecule has 1 unspecified atom stereocenters. The Morgan fingerprint density at radius 3 is 2.25 bits per heavy atom. The number of benzene rings is 2. The van der Waals surface area contributed by atoms with Crippen LogP contribution in [0.5, 0.6) is 0 Å². The van der Waals surface area contributed by atoms with Crippen LogP contribution >= 0.6 is 0 Å². The van der Waals surface area contributed by atoms with Crippen LogP contribution in [0.1, 0.15) is 20.3 Å². The van der Waals surface area contributed by atoms with E-state index in [1.807, 2.05) is 18.3 Å². The van der Waals surface area contributed by atoms with Crippen LogP contribution in [0.3, 0.4) is 0 Å². The summed E-state index contributed by atoms with van der Waals surface area (Å²) in [6.45, 7) is 0. The number of hydrogen-bond donors (Lipinski definition) is 0. The van der Waals surface area contributed by atoms with Gasteiger partial charge in [0.2, 0.25) is 0 Å². The molecule has 1 aromatic heterocycles. The van der Waals surface area contributed by atoms with Crippen LogP contribution in [-0.2, 0) is 24.7 Å². The molecule has 0 amide bonds. The van der Waals surface area contributed by atoms with E-state index in [9.17, 15) is 0 Å². The number of aromatic nitrogens is 1. The zero-order valence-electron chi connectivity index (χ0n) is 12.8. The molecule has 117 valence electrons. The number of fused-ring (bicyclic) bond motifs is 1. The second kappa shape index (κ2) is 8.25. The summed E-state index contributed by atoms with van der Waals surface area (Å²) in [6, 6.07) is 23.4. The van der Waals surface area contributed by atoms with Crippen molar-refractivity contribution in [3.05, 3.63) is 89.6 Å². The summed E-state index contributed by atoms with van der Waals surface area (Å²) >= 11 is 1.53. The van der Waals surface area contributed by atoms with Gasteiger partial charge in [-0.3, -0.25) is 0 Å². The van der Waals surface area contributed by atoms with Crippen molar-refractivity contribution in [2.45, 2.75) is 3.63 Å². The second-order valence-electron chi connectivity index (χ2n) is 5.42. The Morgan fingerprint density at radius 2 is 1.54 bits per heavy atom. The Balaban J connectivity index is 0.00000104. The molecular weight excluding hydrogens is 416 g/mol. The van der Waals surface area contributed by atoms with Crippen LogP contribution in [0.25, 0.3) is 22.9 Å². The van der Waals surface area contributed by atoms with Gasteiger partial charge in [0.1, 0.15) is 0 Å². The third-order valence-corrected chi connectivity index (χ3v) is 5.64. The Bertz CT molecular complexity index is 848. The van der Waals surface area contributed by atoms with Crippen molar-refractivity contribution in [1.82, 2.24) is 4.98 Å². The van der Waals surface area contributed by atoms with E-state index in [2.05, 4.69) is 65.7 Å². The summed E-state index contributed by atoms with van der Waals surface area (Å²) in [5.41, 5.74) is 7.80. The Hall–Kier alpha value is -1.21. The van der Waals surface area contributed by atoms with Gasteiger partial charge in [0.15, 0.2) is 0 Å². The third-order valence-electron chi connectivity index (χ3n) is 4.11. The standard InChI is InChI=1S/C20H14N.2ClH.Zr/c1-2-7-15(8-3-1)17-13-16-9-6-10-18(19(16)14-17)20-11-4-5-12-21-20;;;/h1-14H;2*1H;/q;;;+2/p-2. The number of halogens is 2. The molecule has 4 heteroatoms. The van der Waals surface area contributed by atoms with Crippen molar-refractivity contribution >= 4 is 11.6 Å². The number of rotatable bonds is 2. The molecule has 0 fully saturated rings. The van der Waals surface area contributed by atoms with Gasteiger partial charge in [0.05, 0.1) is 0 Å². The van der Waals surface area contributed by atoms with E-state index < -0.39 is 0 Å². The van der Waals surface area contributed by atoms with Gasteiger partial charge in [-0.2, -0.15) is 0 Å². The predicted molar refractivity (Wildman–Crippen MR) is 86.7 cm³/mol. The van der Waals surface area contributed by atoms with E-state index >= 15 is 0 Å². The van der Waals surface area contributed by atoms with Crippen molar-refractivity contribution in [2.75, 3.05) is 0 Å². The number of pyridine rings is 1. The number of allylic oxidation sites excluding steroid dienone is 1. The predicted octanol–water partition coefficient (Wildman–Crippen LogP) is -1.10.